The van der Waals surface area contributed by atoms with Gasteiger partial charge in [-0.05, 0) is 12.8 Å². The third-order valence-electron chi connectivity index (χ3n) is 3.24. The Morgan fingerprint density at radius 1 is 1.47 bits per heavy atom. The maximum atomic E-state index is 13.8. The van der Waals surface area contributed by atoms with Gasteiger partial charge in [0.15, 0.2) is 0 Å². The molecule has 2 bridgehead atoms. The fraction of sp³-hybridized carbons (Fsp3) is 0.636. The number of carbonyl (C=O) groups is 2. The van der Waals surface area contributed by atoms with E-state index < -0.39 is 41.6 Å². The normalized spacial score (nSPS) is 33.8. The van der Waals surface area contributed by atoms with Crippen LogP contribution in [0.2, 0.25) is 0 Å². The summed E-state index contributed by atoms with van der Waals surface area (Å²) in [7, 11) is 0. The summed E-state index contributed by atoms with van der Waals surface area (Å²) < 4.78 is 59.7. The van der Waals surface area contributed by atoms with Crippen LogP contribution in [0.25, 0.3) is 0 Å². The van der Waals surface area contributed by atoms with Crippen molar-refractivity contribution < 1.29 is 36.6 Å². The molecular formula is C11H10F4O4. The van der Waals surface area contributed by atoms with Crippen LogP contribution in [0.15, 0.2) is 12.2 Å². The molecule has 2 rings (SSSR count). The molecule has 1 aliphatic carbocycles. The molecule has 1 saturated carbocycles. The molecule has 0 aromatic rings. The van der Waals surface area contributed by atoms with Gasteiger partial charge in [-0.25, -0.2) is 14.0 Å². The maximum Gasteiger partial charge on any atom is 0.422 e. The van der Waals surface area contributed by atoms with E-state index in [2.05, 4.69) is 16.1 Å². The maximum absolute atomic E-state index is 13.8. The first-order valence-corrected chi connectivity index (χ1v) is 5.50. The van der Waals surface area contributed by atoms with Gasteiger partial charge < -0.3 is 9.47 Å². The quantitative estimate of drug-likeness (QED) is 0.440. The molecule has 8 heteroatoms. The molecule has 0 spiro atoms. The van der Waals surface area contributed by atoms with Crippen LogP contribution in [0.3, 0.4) is 0 Å². The van der Waals surface area contributed by atoms with Gasteiger partial charge in [0.25, 0.3) is 0 Å². The Morgan fingerprint density at radius 2 is 2.11 bits per heavy atom. The number of fused-ring (bicyclic) bond motifs is 2. The second kappa shape index (κ2) is 4.21. The minimum atomic E-state index is -4.89. The van der Waals surface area contributed by atoms with Crippen molar-refractivity contribution in [1.29, 1.82) is 0 Å². The molecular weight excluding hydrogens is 272 g/mol. The van der Waals surface area contributed by atoms with E-state index in [1.807, 2.05) is 0 Å². The fourth-order valence-electron chi connectivity index (χ4n) is 2.11. The van der Waals surface area contributed by atoms with E-state index in [0.29, 0.717) is 0 Å². The molecule has 2 aliphatic rings. The second-order valence-electron chi connectivity index (χ2n) is 4.57. The summed E-state index contributed by atoms with van der Waals surface area (Å²) in [6.45, 7) is 2.60. The molecule has 3 unspecified atom stereocenters. The van der Waals surface area contributed by atoms with Crippen LogP contribution in [-0.2, 0) is 19.1 Å². The third-order valence-corrected chi connectivity index (χ3v) is 3.24. The lowest BCUT2D eigenvalue weighted by Gasteiger charge is -2.27. The van der Waals surface area contributed by atoms with E-state index in [1.54, 1.807) is 0 Å². The highest BCUT2D eigenvalue weighted by Gasteiger charge is 2.57. The molecule has 0 aromatic carbocycles. The average Bonchev–Trinajstić information content (AvgIpc) is 2.53. The number of hydrogen-bond acceptors (Lipinski definition) is 4. The zero-order valence-corrected chi connectivity index (χ0v) is 9.63. The Labute approximate surface area is 105 Å². The van der Waals surface area contributed by atoms with Gasteiger partial charge >= 0.3 is 18.1 Å². The van der Waals surface area contributed by atoms with Gasteiger partial charge in [0.1, 0.15) is 17.8 Å². The largest absolute Gasteiger partial charge is 0.456 e. The molecule has 2 fully saturated rings. The van der Waals surface area contributed by atoms with Gasteiger partial charge in [-0.15, -0.1) is 0 Å². The molecule has 106 valence electrons. The van der Waals surface area contributed by atoms with Gasteiger partial charge in [-0.1, -0.05) is 6.58 Å². The van der Waals surface area contributed by atoms with Crippen LogP contribution in [0.4, 0.5) is 17.6 Å². The summed E-state index contributed by atoms with van der Waals surface area (Å²) in [5.74, 6) is -2.68. The summed E-state index contributed by atoms with van der Waals surface area (Å²) in [6, 6.07) is 0. The highest BCUT2D eigenvalue weighted by molar-refractivity contribution is 5.89. The molecule has 0 N–H and O–H groups in total. The molecule has 3 atom stereocenters. The standard InChI is InChI=1S/C11H10F4O4/c1-5(11(13,14)15)8(16)18-6-2-3-10(12)4-7(6)19-9(10)17/h6-7H,1-4H2. The van der Waals surface area contributed by atoms with Crippen molar-refractivity contribution >= 4 is 11.9 Å². The van der Waals surface area contributed by atoms with E-state index in [1.165, 1.54) is 0 Å². The van der Waals surface area contributed by atoms with Gasteiger partial charge in [-0.2, -0.15) is 13.2 Å². The lowest BCUT2D eigenvalue weighted by atomic mass is 9.85. The molecule has 19 heavy (non-hydrogen) atoms. The van der Waals surface area contributed by atoms with Crippen LogP contribution in [0, 0.1) is 0 Å². The number of hydrogen-bond donors (Lipinski definition) is 0. The fourth-order valence-corrected chi connectivity index (χ4v) is 2.11. The smallest absolute Gasteiger partial charge is 0.422 e. The van der Waals surface area contributed by atoms with Crippen molar-refractivity contribution in [3.63, 3.8) is 0 Å². The van der Waals surface area contributed by atoms with Crippen LogP contribution in [0.5, 0.6) is 0 Å². The van der Waals surface area contributed by atoms with E-state index in [4.69, 9.17) is 0 Å². The predicted molar refractivity (Wildman–Crippen MR) is 52.6 cm³/mol. The Balaban J connectivity index is 2.01. The Kier molecular flexibility index (Phi) is 3.06. The monoisotopic (exact) mass is 282 g/mol. The molecule has 4 nitrogen and oxygen atoms in total. The number of alkyl halides is 4. The first-order valence-electron chi connectivity index (χ1n) is 5.50. The topological polar surface area (TPSA) is 52.6 Å². The van der Waals surface area contributed by atoms with Crippen LogP contribution < -0.4 is 0 Å². The minimum Gasteiger partial charge on any atom is -0.456 e. The number of carbonyl (C=O) groups excluding carboxylic acids is 2. The van der Waals surface area contributed by atoms with E-state index in [9.17, 15) is 27.2 Å². The zero-order chi connectivity index (χ0) is 14.4. The predicted octanol–water partition coefficient (Wildman–Crippen LogP) is 1.83. The van der Waals surface area contributed by atoms with Gasteiger partial charge in [0.05, 0.1) is 0 Å². The summed E-state index contributed by atoms with van der Waals surface area (Å²) in [4.78, 5) is 22.4. The van der Waals surface area contributed by atoms with Crippen molar-refractivity contribution in [2.45, 2.75) is 43.3 Å². The number of halogens is 4. The first kappa shape index (κ1) is 13.8. The number of ether oxygens (including phenoxy) is 2. The summed E-state index contributed by atoms with van der Waals surface area (Å²) >= 11 is 0. The van der Waals surface area contributed by atoms with E-state index in [0.717, 1.165) is 0 Å². The highest BCUT2D eigenvalue weighted by Crippen LogP contribution is 2.42. The third kappa shape index (κ3) is 2.43. The van der Waals surface area contributed by atoms with E-state index >= 15 is 0 Å². The van der Waals surface area contributed by atoms with Crippen molar-refractivity contribution in [2.75, 3.05) is 0 Å². The molecule has 0 radical (unpaired) electrons. The molecule has 1 heterocycles. The number of rotatable bonds is 2. The average molecular weight is 282 g/mol. The van der Waals surface area contributed by atoms with E-state index in [-0.39, 0.29) is 19.3 Å². The first-order chi connectivity index (χ1) is 8.63. The highest BCUT2D eigenvalue weighted by atomic mass is 19.4. The minimum absolute atomic E-state index is 0.0657. The van der Waals surface area contributed by atoms with Gasteiger partial charge in [0.2, 0.25) is 5.67 Å². The van der Waals surface area contributed by atoms with Crippen LogP contribution in [-0.4, -0.2) is 36.0 Å². The summed E-state index contributed by atoms with van der Waals surface area (Å²) in [6.07, 6.45) is -7.59. The lowest BCUT2D eigenvalue weighted by molar-refractivity contribution is -0.165. The molecule has 0 aromatic heterocycles. The van der Waals surface area contributed by atoms with Gasteiger partial charge in [-0.3, -0.25) is 0 Å². The van der Waals surface area contributed by atoms with Crippen molar-refractivity contribution in [3.05, 3.63) is 12.2 Å². The van der Waals surface area contributed by atoms with Crippen LogP contribution >= 0.6 is 0 Å². The SMILES string of the molecule is C=C(C(=O)OC1CCC2(F)CC1OC2=O)C(F)(F)F. The molecule has 1 aliphatic heterocycles. The van der Waals surface area contributed by atoms with Crippen molar-refractivity contribution in [1.82, 2.24) is 0 Å². The van der Waals surface area contributed by atoms with Gasteiger partial charge in [0, 0.05) is 6.42 Å². The van der Waals surface area contributed by atoms with Crippen molar-refractivity contribution in [3.8, 4) is 0 Å². The summed E-state index contributed by atoms with van der Waals surface area (Å²) in [5.41, 5.74) is -3.75. The Hall–Kier alpha value is -1.60. The van der Waals surface area contributed by atoms with Crippen LogP contribution in [0.1, 0.15) is 19.3 Å². The molecule has 0 amide bonds. The number of esters is 2. The van der Waals surface area contributed by atoms with Crippen molar-refractivity contribution in [2.24, 2.45) is 0 Å². The Morgan fingerprint density at radius 3 is 2.68 bits per heavy atom. The zero-order valence-electron chi connectivity index (χ0n) is 9.63. The Bertz CT molecular complexity index is 444. The lowest BCUT2D eigenvalue weighted by Crippen LogP contribution is -2.39. The molecule has 1 saturated heterocycles. The second-order valence-corrected chi connectivity index (χ2v) is 4.57. The summed E-state index contributed by atoms with van der Waals surface area (Å²) in [5, 5.41) is 0.